The molecule has 0 radical (unpaired) electrons. The smallest absolute Gasteiger partial charge is 0.339 e. The normalized spacial score (nSPS) is 17.7. The van der Waals surface area contributed by atoms with Gasteiger partial charge in [-0.25, -0.2) is 28.7 Å². The van der Waals surface area contributed by atoms with Crippen molar-refractivity contribution < 1.29 is 38.1 Å². The van der Waals surface area contributed by atoms with Gasteiger partial charge in [-0.2, -0.15) is 0 Å². The number of fused-ring (bicyclic) bond motifs is 1. The standard InChI is InChI=1S/C42H36N4O10/c1-2-3-24-44-37(48)32-35(46(42(44)52)36(47)27-16-8-4-9-17-27)43-26-45(32)38-34(56-41(51)30-22-14-7-15-23-30)33(55-40(50)29-20-12-6-13-21-29)31(54-38)25-53-39(49)28-18-10-5-11-19-28/h4-23,26,31,33-34,38H,2-3,24-25H2,1H3/t31-,33-,34-,38-/m1/s1. The minimum atomic E-state index is -1.48. The fourth-order valence-corrected chi connectivity index (χ4v) is 6.43. The summed E-state index contributed by atoms with van der Waals surface area (Å²) in [6.45, 7) is 1.41. The van der Waals surface area contributed by atoms with Gasteiger partial charge in [0.05, 0.1) is 16.7 Å². The Bertz CT molecular complexity index is 2480. The number of benzene rings is 4. The van der Waals surface area contributed by atoms with Crippen molar-refractivity contribution in [1.82, 2.24) is 18.7 Å². The lowest BCUT2D eigenvalue weighted by Crippen LogP contribution is -2.44. The van der Waals surface area contributed by atoms with Crippen LogP contribution in [-0.2, 0) is 25.5 Å². The molecule has 0 aliphatic carbocycles. The Hall–Kier alpha value is -6.93. The molecule has 2 aromatic heterocycles. The van der Waals surface area contributed by atoms with Gasteiger partial charge >= 0.3 is 23.6 Å². The van der Waals surface area contributed by atoms with E-state index in [9.17, 15) is 28.8 Å². The molecule has 0 saturated carbocycles. The molecule has 0 N–H and O–H groups in total. The van der Waals surface area contributed by atoms with Crippen molar-refractivity contribution in [2.75, 3.05) is 6.61 Å². The van der Waals surface area contributed by atoms with Crippen molar-refractivity contribution in [2.24, 2.45) is 0 Å². The number of ether oxygens (including phenoxy) is 4. The van der Waals surface area contributed by atoms with Crippen LogP contribution in [-0.4, -0.2) is 67.4 Å². The van der Waals surface area contributed by atoms with Gasteiger partial charge in [-0.05, 0) is 55.0 Å². The molecule has 6 aromatic rings. The molecule has 1 aliphatic heterocycles. The molecule has 1 saturated heterocycles. The van der Waals surface area contributed by atoms with E-state index in [4.69, 9.17) is 18.9 Å². The van der Waals surface area contributed by atoms with E-state index in [0.717, 1.165) is 9.13 Å². The van der Waals surface area contributed by atoms with Gasteiger partial charge in [-0.1, -0.05) is 86.1 Å². The molecule has 1 fully saturated rings. The molecule has 284 valence electrons. The number of carbonyl (C=O) groups excluding carboxylic acids is 4. The van der Waals surface area contributed by atoms with E-state index in [1.165, 1.54) is 47.3 Å². The Morgan fingerprint density at radius 2 is 1.18 bits per heavy atom. The maximum absolute atomic E-state index is 14.3. The maximum Gasteiger partial charge on any atom is 0.339 e. The van der Waals surface area contributed by atoms with Gasteiger partial charge in [-0.15, -0.1) is 0 Å². The number of hydrogen-bond donors (Lipinski definition) is 0. The summed E-state index contributed by atoms with van der Waals surface area (Å²) in [6.07, 6.45) is -3.35. The van der Waals surface area contributed by atoms with Gasteiger partial charge in [0.2, 0.25) is 0 Å². The molecule has 7 rings (SSSR count). The molecule has 56 heavy (non-hydrogen) atoms. The lowest BCUT2D eigenvalue weighted by molar-refractivity contribution is -0.0605. The summed E-state index contributed by atoms with van der Waals surface area (Å²) in [6, 6.07) is 32.4. The average molecular weight is 757 g/mol. The zero-order valence-electron chi connectivity index (χ0n) is 30.1. The number of imidazole rings is 1. The summed E-state index contributed by atoms with van der Waals surface area (Å²) in [5.41, 5.74) is -1.37. The third kappa shape index (κ3) is 7.54. The lowest BCUT2D eigenvalue weighted by atomic mass is 10.1. The Balaban J connectivity index is 1.37. The number of rotatable bonds is 12. The van der Waals surface area contributed by atoms with Crippen LogP contribution >= 0.6 is 0 Å². The number of esters is 3. The monoisotopic (exact) mass is 756 g/mol. The SMILES string of the molecule is CCCCn1c(=O)c2c(ncn2[C@@H]2O[C@H](COC(=O)c3ccccc3)[C@@H](OC(=O)c3ccccc3)[C@H]2OC(=O)c2ccccc2)n(C(=O)c2ccccc2)c1=O. The molecule has 0 unspecified atom stereocenters. The number of aromatic nitrogens is 4. The van der Waals surface area contributed by atoms with Crippen LogP contribution in [0.2, 0.25) is 0 Å². The van der Waals surface area contributed by atoms with E-state index in [-0.39, 0.29) is 40.0 Å². The predicted octanol–water partition coefficient (Wildman–Crippen LogP) is 5.05. The first kappa shape index (κ1) is 37.4. The Kier molecular flexibility index (Phi) is 11.1. The van der Waals surface area contributed by atoms with Crippen molar-refractivity contribution in [3.05, 3.63) is 171 Å². The van der Waals surface area contributed by atoms with Crippen LogP contribution in [0.3, 0.4) is 0 Å². The minimum Gasteiger partial charge on any atom is -0.459 e. The molecule has 4 atom stereocenters. The fraction of sp³-hybridized carbons (Fsp3) is 0.214. The number of carbonyl (C=O) groups is 4. The summed E-state index contributed by atoms with van der Waals surface area (Å²) in [5.74, 6) is -3.03. The van der Waals surface area contributed by atoms with Crippen LogP contribution < -0.4 is 11.2 Å². The van der Waals surface area contributed by atoms with E-state index >= 15 is 0 Å². The van der Waals surface area contributed by atoms with Gasteiger partial charge in [-0.3, -0.25) is 18.7 Å². The summed E-state index contributed by atoms with van der Waals surface area (Å²) >= 11 is 0. The quantitative estimate of drug-likeness (QED) is 0.121. The first-order valence-electron chi connectivity index (χ1n) is 18.0. The highest BCUT2D eigenvalue weighted by Crippen LogP contribution is 2.36. The van der Waals surface area contributed by atoms with E-state index < -0.39 is 66.2 Å². The van der Waals surface area contributed by atoms with Crippen molar-refractivity contribution >= 4 is 35.0 Å². The summed E-state index contributed by atoms with van der Waals surface area (Å²) in [5, 5.41) is 0. The van der Waals surface area contributed by atoms with Crippen LogP contribution in [0, 0.1) is 0 Å². The highest BCUT2D eigenvalue weighted by atomic mass is 16.7. The molecule has 14 nitrogen and oxygen atoms in total. The van der Waals surface area contributed by atoms with E-state index in [1.54, 1.807) is 84.9 Å². The van der Waals surface area contributed by atoms with Crippen LogP contribution in [0.15, 0.2) is 137 Å². The second kappa shape index (κ2) is 16.6. The Morgan fingerprint density at radius 1 is 0.679 bits per heavy atom. The highest BCUT2D eigenvalue weighted by Gasteiger charge is 2.52. The van der Waals surface area contributed by atoms with Crippen molar-refractivity contribution in [3.63, 3.8) is 0 Å². The Morgan fingerprint density at radius 3 is 1.71 bits per heavy atom. The second-order valence-electron chi connectivity index (χ2n) is 12.9. The minimum absolute atomic E-state index is 0.00925. The largest absolute Gasteiger partial charge is 0.459 e. The van der Waals surface area contributed by atoms with Crippen molar-refractivity contribution in [1.29, 1.82) is 0 Å². The molecule has 0 bridgehead atoms. The highest BCUT2D eigenvalue weighted by molar-refractivity contribution is 6.00. The maximum atomic E-state index is 14.3. The first-order chi connectivity index (χ1) is 27.3. The van der Waals surface area contributed by atoms with Gasteiger partial charge in [0.1, 0.15) is 19.0 Å². The van der Waals surface area contributed by atoms with Crippen LogP contribution in [0.1, 0.15) is 67.4 Å². The average Bonchev–Trinajstić information content (AvgIpc) is 3.82. The van der Waals surface area contributed by atoms with E-state index in [1.807, 2.05) is 6.92 Å². The summed E-state index contributed by atoms with van der Waals surface area (Å²) < 4.78 is 27.2. The third-order valence-electron chi connectivity index (χ3n) is 9.27. The molecule has 0 spiro atoms. The van der Waals surface area contributed by atoms with Crippen molar-refractivity contribution in [3.8, 4) is 0 Å². The van der Waals surface area contributed by atoms with Crippen LogP contribution in [0.25, 0.3) is 11.2 Å². The van der Waals surface area contributed by atoms with E-state index in [2.05, 4.69) is 4.98 Å². The topological polar surface area (TPSA) is 167 Å². The Labute approximate surface area is 319 Å². The van der Waals surface area contributed by atoms with Crippen LogP contribution in [0.5, 0.6) is 0 Å². The third-order valence-corrected chi connectivity index (χ3v) is 9.27. The molecule has 4 aromatic carbocycles. The van der Waals surface area contributed by atoms with Gasteiger partial charge in [0, 0.05) is 12.1 Å². The van der Waals surface area contributed by atoms with E-state index in [0.29, 0.717) is 12.8 Å². The molecule has 3 heterocycles. The van der Waals surface area contributed by atoms with Gasteiger partial charge in [0.25, 0.3) is 11.5 Å². The second-order valence-corrected chi connectivity index (χ2v) is 12.9. The fourth-order valence-electron chi connectivity index (χ4n) is 6.43. The number of hydrogen-bond acceptors (Lipinski definition) is 11. The lowest BCUT2D eigenvalue weighted by Gasteiger charge is -2.25. The summed E-state index contributed by atoms with van der Waals surface area (Å²) in [7, 11) is 0. The molecular formula is C42H36N4O10. The zero-order valence-corrected chi connectivity index (χ0v) is 30.1. The summed E-state index contributed by atoms with van der Waals surface area (Å²) in [4.78, 5) is 87.0. The first-order valence-corrected chi connectivity index (χ1v) is 18.0. The molecule has 0 amide bonds. The zero-order chi connectivity index (χ0) is 39.2. The number of unbranched alkanes of at least 4 members (excludes halogenated alkanes) is 1. The molecule has 14 heteroatoms. The predicted molar refractivity (Wildman–Crippen MR) is 201 cm³/mol. The number of nitrogens with zero attached hydrogens (tertiary/aromatic N) is 4. The van der Waals surface area contributed by atoms with Gasteiger partial charge < -0.3 is 18.9 Å². The van der Waals surface area contributed by atoms with Gasteiger partial charge in [0.15, 0.2) is 29.6 Å². The molecule has 1 aliphatic rings. The molecular weight excluding hydrogens is 720 g/mol. The van der Waals surface area contributed by atoms with Crippen molar-refractivity contribution in [2.45, 2.75) is 50.8 Å². The van der Waals surface area contributed by atoms with Crippen LogP contribution in [0.4, 0.5) is 0 Å².